The molecule has 0 bridgehead atoms. The third kappa shape index (κ3) is 17.9. The van der Waals surface area contributed by atoms with Crippen molar-refractivity contribution in [2.75, 3.05) is 0 Å². The van der Waals surface area contributed by atoms with E-state index in [1.165, 1.54) is 6.34 Å². The van der Waals surface area contributed by atoms with Gasteiger partial charge in [0.2, 0.25) is 0 Å². The minimum atomic E-state index is -1.82. The maximum atomic E-state index is 9.10. The minimum Gasteiger partial charge on any atom is -0.473 e. The number of carboxylic acids is 2. The zero-order valence-electron chi connectivity index (χ0n) is 6.30. The van der Waals surface area contributed by atoms with Crippen LogP contribution >= 0.6 is 12.2 Å². The van der Waals surface area contributed by atoms with Crippen LogP contribution in [-0.2, 0) is 9.59 Å². The number of hydrogen-bond acceptors (Lipinski definition) is 4. The van der Waals surface area contributed by atoms with Gasteiger partial charge in [-0.3, -0.25) is 0 Å². The molecule has 0 fully saturated rings. The van der Waals surface area contributed by atoms with Gasteiger partial charge < -0.3 is 21.4 Å². The van der Waals surface area contributed by atoms with E-state index in [1.807, 2.05) is 0 Å². The van der Waals surface area contributed by atoms with Gasteiger partial charge >= 0.3 is 11.9 Å². The molecule has 0 unspecified atom stereocenters. The first-order valence-corrected chi connectivity index (χ1v) is 3.07. The predicted octanol–water partition coefficient (Wildman–Crippen LogP) is -2.12. The van der Waals surface area contributed by atoms with Gasteiger partial charge in [0.25, 0.3) is 0 Å². The van der Waals surface area contributed by atoms with Crippen molar-refractivity contribution in [3.8, 4) is 0 Å². The topological polar surface area (TPSA) is 151 Å². The van der Waals surface area contributed by atoms with E-state index in [-0.39, 0.29) is 5.11 Å². The number of nitrogens with two attached hydrogens (primary N) is 2. The number of aliphatic carboxylic acids is 2. The number of thiocarbonyl (C=S) groups is 1. The lowest BCUT2D eigenvalue weighted by Gasteiger charge is -1.82. The standard InChI is InChI=1S/C2H6N4S.C2H2O4/c3-2(7)5-1-6-4;3-1(4)2(5)6/h1H,4H2,(H3,3,5,6,7);(H,3,4)(H,5,6). The Hall–Kier alpha value is -1.74. The molecule has 0 radical (unpaired) electrons. The smallest absolute Gasteiger partial charge is 0.414 e. The lowest BCUT2D eigenvalue weighted by atomic mass is 10.7. The summed E-state index contributed by atoms with van der Waals surface area (Å²) in [7, 11) is 0. The van der Waals surface area contributed by atoms with Crippen molar-refractivity contribution in [3.63, 3.8) is 0 Å². The van der Waals surface area contributed by atoms with Gasteiger partial charge in [0, 0.05) is 0 Å². The van der Waals surface area contributed by atoms with E-state index in [0.29, 0.717) is 0 Å². The van der Waals surface area contributed by atoms with E-state index < -0.39 is 11.9 Å². The summed E-state index contributed by atoms with van der Waals surface area (Å²) in [4.78, 5) is 21.6. The van der Waals surface area contributed by atoms with Gasteiger partial charge in [0.1, 0.15) is 6.34 Å². The van der Waals surface area contributed by atoms with Gasteiger partial charge in [-0.25, -0.2) is 20.4 Å². The molecule has 8 nitrogen and oxygen atoms in total. The summed E-state index contributed by atoms with van der Waals surface area (Å²) in [5.74, 6) is 1.11. The molecular weight excluding hydrogens is 200 g/mol. The first kappa shape index (κ1) is 13.8. The molecule has 74 valence electrons. The lowest BCUT2D eigenvalue weighted by Crippen LogP contribution is -2.20. The first-order valence-electron chi connectivity index (χ1n) is 2.66. The number of hydrazine groups is 1. The maximum Gasteiger partial charge on any atom is 0.414 e. The number of nitrogens with zero attached hydrogens (tertiary/aromatic N) is 1. The average molecular weight is 208 g/mol. The van der Waals surface area contributed by atoms with Gasteiger partial charge in [-0.1, -0.05) is 0 Å². The molecule has 7 N–H and O–H groups in total. The summed E-state index contributed by atoms with van der Waals surface area (Å²) >= 11 is 4.35. The van der Waals surface area contributed by atoms with Crippen LogP contribution in [0.15, 0.2) is 4.99 Å². The van der Waals surface area contributed by atoms with Gasteiger partial charge in [0.05, 0.1) is 0 Å². The SMILES string of the molecule is NNC=NC(N)=S.O=C(O)C(=O)O. The van der Waals surface area contributed by atoms with Crippen LogP contribution in [-0.4, -0.2) is 33.6 Å². The Labute approximate surface area is 78.2 Å². The molecule has 0 aromatic carbocycles. The number of rotatable bonds is 1. The van der Waals surface area contributed by atoms with Crippen molar-refractivity contribution >= 4 is 35.6 Å². The molecule has 0 atom stereocenters. The molecule has 13 heavy (non-hydrogen) atoms. The number of carboxylic acid groups (broad SMARTS) is 2. The Bertz CT molecular complexity index is 216. The van der Waals surface area contributed by atoms with Gasteiger partial charge in [-0.15, -0.1) is 0 Å². The van der Waals surface area contributed by atoms with Crippen LogP contribution in [0.1, 0.15) is 0 Å². The van der Waals surface area contributed by atoms with Crippen molar-refractivity contribution in [2.45, 2.75) is 0 Å². The van der Waals surface area contributed by atoms with Crippen LogP contribution in [0.2, 0.25) is 0 Å². The maximum absolute atomic E-state index is 9.10. The summed E-state index contributed by atoms with van der Waals surface area (Å²) in [5, 5.41) is 14.8. The monoisotopic (exact) mass is 208 g/mol. The second-order valence-corrected chi connectivity index (χ2v) is 1.79. The number of nitrogens with one attached hydrogen (secondary N) is 1. The van der Waals surface area contributed by atoms with E-state index >= 15 is 0 Å². The van der Waals surface area contributed by atoms with Crippen molar-refractivity contribution in [1.29, 1.82) is 0 Å². The third-order valence-electron chi connectivity index (χ3n) is 0.449. The van der Waals surface area contributed by atoms with Gasteiger partial charge in [-0.05, 0) is 12.2 Å². The molecule has 0 spiro atoms. The molecule has 9 heteroatoms. The van der Waals surface area contributed by atoms with Crippen molar-refractivity contribution in [1.82, 2.24) is 5.43 Å². The molecule has 0 rings (SSSR count). The molecular formula is C4H8N4O4S. The van der Waals surface area contributed by atoms with Crippen LogP contribution in [0.3, 0.4) is 0 Å². The zero-order chi connectivity index (χ0) is 10.9. The van der Waals surface area contributed by atoms with Crippen LogP contribution in [0.25, 0.3) is 0 Å². The van der Waals surface area contributed by atoms with E-state index in [1.54, 1.807) is 0 Å². The first-order chi connectivity index (χ1) is 5.91. The molecule has 0 saturated carbocycles. The molecule has 0 aliphatic carbocycles. The Kier molecular flexibility index (Phi) is 8.89. The second kappa shape index (κ2) is 8.36. The van der Waals surface area contributed by atoms with Crippen LogP contribution in [0.4, 0.5) is 0 Å². The Morgan fingerprint density at radius 1 is 1.38 bits per heavy atom. The fraction of sp³-hybridized carbons (Fsp3) is 0. The number of hydrogen-bond donors (Lipinski definition) is 5. The summed E-state index contributed by atoms with van der Waals surface area (Å²) in [5.41, 5.74) is 7.06. The van der Waals surface area contributed by atoms with Crippen LogP contribution < -0.4 is 17.0 Å². The highest BCUT2D eigenvalue weighted by Crippen LogP contribution is 1.60. The Morgan fingerprint density at radius 3 is 1.85 bits per heavy atom. The predicted molar refractivity (Wildman–Crippen MR) is 47.9 cm³/mol. The molecule has 0 amide bonds. The van der Waals surface area contributed by atoms with Crippen LogP contribution in [0, 0.1) is 0 Å². The lowest BCUT2D eigenvalue weighted by molar-refractivity contribution is -0.159. The largest absolute Gasteiger partial charge is 0.473 e. The molecule has 0 aromatic rings. The van der Waals surface area contributed by atoms with Crippen molar-refractivity contribution in [3.05, 3.63) is 0 Å². The number of carbonyl (C=O) groups is 2. The average Bonchev–Trinajstić information content (AvgIpc) is 2.01. The highest BCUT2D eigenvalue weighted by Gasteiger charge is 2.04. The molecule has 0 aromatic heterocycles. The van der Waals surface area contributed by atoms with Crippen LogP contribution in [0.5, 0.6) is 0 Å². The van der Waals surface area contributed by atoms with E-state index in [4.69, 9.17) is 31.4 Å². The highest BCUT2D eigenvalue weighted by atomic mass is 32.1. The van der Waals surface area contributed by atoms with Crippen molar-refractivity contribution in [2.24, 2.45) is 16.6 Å². The zero-order valence-corrected chi connectivity index (χ0v) is 7.11. The van der Waals surface area contributed by atoms with E-state index in [0.717, 1.165) is 0 Å². The van der Waals surface area contributed by atoms with E-state index in [9.17, 15) is 0 Å². The minimum absolute atomic E-state index is 0.0675. The quantitative estimate of drug-likeness (QED) is 0.0818. The summed E-state index contributed by atoms with van der Waals surface area (Å²) in [6, 6.07) is 0. The third-order valence-corrected chi connectivity index (χ3v) is 0.555. The second-order valence-electron chi connectivity index (χ2n) is 1.37. The van der Waals surface area contributed by atoms with Crippen molar-refractivity contribution < 1.29 is 19.8 Å². The molecule has 0 aliphatic heterocycles. The summed E-state index contributed by atoms with van der Waals surface area (Å²) < 4.78 is 0. The normalized spacial score (nSPS) is 8.38. The molecule has 0 aliphatic rings. The molecule has 0 heterocycles. The Morgan fingerprint density at radius 2 is 1.77 bits per heavy atom. The fourth-order valence-corrected chi connectivity index (χ4v) is 0.154. The fourth-order valence-electron chi connectivity index (χ4n) is 0.101. The highest BCUT2D eigenvalue weighted by molar-refractivity contribution is 7.80. The van der Waals surface area contributed by atoms with E-state index in [2.05, 4.69) is 22.6 Å². The van der Waals surface area contributed by atoms with Gasteiger partial charge in [-0.2, -0.15) is 0 Å². The molecule has 0 saturated heterocycles. The van der Waals surface area contributed by atoms with Gasteiger partial charge in [0.15, 0.2) is 5.11 Å². The summed E-state index contributed by atoms with van der Waals surface area (Å²) in [6.07, 6.45) is 1.21. The summed E-state index contributed by atoms with van der Waals surface area (Å²) in [6.45, 7) is 0. The Balaban J connectivity index is 0. The number of aliphatic imine (C=N–C) groups is 1.